The molecule has 1 aromatic heterocycles. The minimum atomic E-state index is -0.492. The molecule has 108 valence electrons. The Morgan fingerprint density at radius 1 is 1.48 bits per heavy atom. The van der Waals surface area contributed by atoms with E-state index in [1.807, 2.05) is 0 Å². The van der Waals surface area contributed by atoms with Gasteiger partial charge in [0.05, 0.1) is 12.1 Å². The maximum atomic E-state index is 13.3. The minimum absolute atomic E-state index is 0.171. The molecule has 0 unspecified atom stereocenters. The van der Waals surface area contributed by atoms with Crippen molar-refractivity contribution in [1.82, 2.24) is 20.5 Å². The Morgan fingerprint density at radius 3 is 3.05 bits per heavy atom. The number of hydrogen-bond acceptors (Lipinski definition) is 4. The second-order valence-corrected chi connectivity index (χ2v) is 4.13. The number of amides is 1. The molecule has 7 heteroatoms. The molecule has 21 heavy (non-hydrogen) atoms. The fraction of sp³-hybridized carbons (Fsp3) is 0.214. The lowest BCUT2D eigenvalue weighted by Gasteiger charge is -2.06. The highest BCUT2D eigenvalue weighted by molar-refractivity contribution is 5.96. The fourth-order valence-electron chi connectivity index (χ4n) is 1.70. The zero-order chi connectivity index (χ0) is 15.1. The second-order valence-electron chi connectivity index (χ2n) is 4.13. The standard InChI is InChI=1S/C14H14FN5O/c15-11-4-3-10(2-1-6-16)12(8-11)14(21)17-7-5-13-18-9-19-20-13/h3-4,8-9H,5-7,16H2,(H,17,21)(H,18,19,20). The van der Waals surface area contributed by atoms with E-state index in [4.69, 9.17) is 5.73 Å². The summed E-state index contributed by atoms with van der Waals surface area (Å²) >= 11 is 0. The molecular weight excluding hydrogens is 273 g/mol. The van der Waals surface area contributed by atoms with Gasteiger partial charge < -0.3 is 11.1 Å². The summed E-state index contributed by atoms with van der Waals surface area (Å²) in [7, 11) is 0. The van der Waals surface area contributed by atoms with Gasteiger partial charge in [0, 0.05) is 18.5 Å². The first-order valence-corrected chi connectivity index (χ1v) is 6.31. The van der Waals surface area contributed by atoms with E-state index in [1.165, 1.54) is 18.5 Å². The Balaban J connectivity index is 2.05. The van der Waals surface area contributed by atoms with E-state index >= 15 is 0 Å². The van der Waals surface area contributed by atoms with Gasteiger partial charge in [-0.1, -0.05) is 11.8 Å². The van der Waals surface area contributed by atoms with Crippen LogP contribution in [0, 0.1) is 17.7 Å². The molecule has 0 saturated carbocycles. The summed E-state index contributed by atoms with van der Waals surface area (Å²) in [4.78, 5) is 16.0. The third-order valence-corrected chi connectivity index (χ3v) is 2.66. The van der Waals surface area contributed by atoms with Crippen LogP contribution in [0.5, 0.6) is 0 Å². The molecule has 0 bridgehead atoms. The van der Waals surface area contributed by atoms with Crippen LogP contribution in [0.25, 0.3) is 0 Å². The molecule has 4 N–H and O–H groups in total. The van der Waals surface area contributed by atoms with E-state index in [0.717, 1.165) is 6.07 Å². The summed E-state index contributed by atoms with van der Waals surface area (Å²) in [5, 5.41) is 9.09. The Labute approximate surface area is 121 Å². The molecule has 6 nitrogen and oxygen atoms in total. The summed E-state index contributed by atoms with van der Waals surface area (Å²) in [6.07, 6.45) is 1.90. The molecule has 2 rings (SSSR count). The lowest BCUT2D eigenvalue weighted by Crippen LogP contribution is -2.26. The van der Waals surface area contributed by atoms with Crippen LogP contribution in [0.1, 0.15) is 21.7 Å². The number of H-pyrrole nitrogens is 1. The van der Waals surface area contributed by atoms with Gasteiger partial charge in [-0.15, -0.1) is 0 Å². The summed E-state index contributed by atoms with van der Waals surface area (Å²) in [5.41, 5.74) is 5.93. The number of carbonyl (C=O) groups excluding carboxylic acids is 1. The van der Waals surface area contributed by atoms with Gasteiger partial charge in [-0.2, -0.15) is 5.10 Å². The first-order chi connectivity index (χ1) is 10.2. The molecule has 0 radical (unpaired) electrons. The molecule has 0 aliphatic carbocycles. The van der Waals surface area contributed by atoms with Crippen molar-refractivity contribution < 1.29 is 9.18 Å². The van der Waals surface area contributed by atoms with Crippen LogP contribution in [0.3, 0.4) is 0 Å². The number of benzene rings is 1. The van der Waals surface area contributed by atoms with Crippen molar-refractivity contribution in [3.05, 3.63) is 47.3 Å². The van der Waals surface area contributed by atoms with Gasteiger partial charge in [0.25, 0.3) is 5.91 Å². The average Bonchev–Trinajstić information content (AvgIpc) is 2.99. The fourth-order valence-corrected chi connectivity index (χ4v) is 1.70. The van der Waals surface area contributed by atoms with Gasteiger partial charge in [0.1, 0.15) is 18.0 Å². The average molecular weight is 287 g/mol. The van der Waals surface area contributed by atoms with Gasteiger partial charge in [-0.05, 0) is 18.2 Å². The molecule has 1 heterocycles. The number of nitrogens with zero attached hydrogens (tertiary/aromatic N) is 2. The third kappa shape index (κ3) is 4.12. The van der Waals surface area contributed by atoms with Gasteiger partial charge >= 0.3 is 0 Å². The van der Waals surface area contributed by atoms with Crippen LogP contribution in [-0.2, 0) is 6.42 Å². The molecule has 0 aliphatic rings. The van der Waals surface area contributed by atoms with Crippen molar-refractivity contribution in [2.24, 2.45) is 5.73 Å². The van der Waals surface area contributed by atoms with Crippen molar-refractivity contribution in [3.63, 3.8) is 0 Å². The lowest BCUT2D eigenvalue weighted by molar-refractivity contribution is 0.0953. The number of aromatic amines is 1. The monoisotopic (exact) mass is 287 g/mol. The predicted octanol–water partition coefficient (Wildman–Crippen LogP) is 0.226. The van der Waals surface area contributed by atoms with E-state index in [2.05, 4.69) is 32.3 Å². The highest BCUT2D eigenvalue weighted by Gasteiger charge is 2.11. The van der Waals surface area contributed by atoms with E-state index in [9.17, 15) is 9.18 Å². The summed E-state index contributed by atoms with van der Waals surface area (Å²) in [6.45, 7) is 0.526. The molecular formula is C14H14FN5O. The molecule has 2 aromatic rings. The molecule has 0 saturated heterocycles. The van der Waals surface area contributed by atoms with Crippen molar-refractivity contribution in [2.45, 2.75) is 6.42 Å². The quantitative estimate of drug-likeness (QED) is 0.701. The second kappa shape index (κ2) is 7.17. The molecule has 0 aliphatic heterocycles. The number of nitrogens with one attached hydrogen (secondary N) is 2. The van der Waals surface area contributed by atoms with Crippen LogP contribution in [-0.4, -0.2) is 34.2 Å². The zero-order valence-electron chi connectivity index (χ0n) is 11.2. The molecule has 1 aromatic carbocycles. The van der Waals surface area contributed by atoms with Crippen LogP contribution < -0.4 is 11.1 Å². The third-order valence-electron chi connectivity index (χ3n) is 2.66. The number of hydrogen-bond donors (Lipinski definition) is 3. The van der Waals surface area contributed by atoms with Crippen molar-refractivity contribution in [3.8, 4) is 11.8 Å². The van der Waals surface area contributed by atoms with Crippen molar-refractivity contribution >= 4 is 5.91 Å². The number of halogens is 1. The summed E-state index contributed by atoms with van der Waals surface area (Å²) < 4.78 is 13.3. The normalized spacial score (nSPS) is 9.81. The zero-order valence-corrected chi connectivity index (χ0v) is 11.2. The Hall–Kier alpha value is -2.72. The Morgan fingerprint density at radius 2 is 2.33 bits per heavy atom. The minimum Gasteiger partial charge on any atom is -0.352 e. The van der Waals surface area contributed by atoms with Crippen molar-refractivity contribution in [2.75, 3.05) is 13.1 Å². The molecule has 1 amide bonds. The maximum absolute atomic E-state index is 13.3. The Bertz CT molecular complexity index is 672. The topological polar surface area (TPSA) is 96.7 Å². The van der Waals surface area contributed by atoms with Gasteiger partial charge in [0.15, 0.2) is 0 Å². The SMILES string of the molecule is NCC#Cc1ccc(F)cc1C(=O)NCCc1ncn[nH]1. The number of carbonyl (C=O) groups is 1. The van der Waals surface area contributed by atoms with Crippen LogP contribution in [0.4, 0.5) is 4.39 Å². The summed E-state index contributed by atoms with van der Waals surface area (Å²) in [6, 6.07) is 3.87. The van der Waals surface area contributed by atoms with Crippen molar-refractivity contribution in [1.29, 1.82) is 0 Å². The number of rotatable bonds is 4. The van der Waals surface area contributed by atoms with Crippen LogP contribution in [0.2, 0.25) is 0 Å². The molecule has 0 atom stereocenters. The van der Waals surface area contributed by atoms with E-state index < -0.39 is 11.7 Å². The first kappa shape index (κ1) is 14.7. The first-order valence-electron chi connectivity index (χ1n) is 6.31. The number of nitrogens with two attached hydrogens (primary N) is 1. The number of aromatic nitrogens is 3. The maximum Gasteiger partial charge on any atom is 0.252 e. The smallest absolute Gasteiger partial charge is 0.252 e. The highest BCUT2D eigenvalue weighted by Crippen LogP contribution is 2.10. The van der Waals surface area contributed by atoms with Gasteiger partial charge in [0.2, 0.25) is 0 Å². The van der Waals surface area contributed by atoms with Gasteiger partial charge in [-0.3, -0.25) is 9.89 Å². The van der Waals surface area contributed by atoms with Gasteiger partial charge in [-0.25, -0.2) is 9.37 Å². The predicted molar refractivity (Wildman–Crippen MR) is 74.8 cm³/mol. The summed E-state index contributed by atoms with van der Waals surface area (Å²) in [5.74, 6) is 5.18. The van der Waals surface area contributed by atoms with E-state index in [0.29, 0.717) is 24.4 Å². The largest absolute Gasteiger partial charge is 0.352 e. The van der Waals surface area contributed by atoms with E-state index in [-0.39, 0.29) is 12.1 Å². The van der Waals surface area contributed by atoms with Crippen LogP contribution >= 0.6 is 0 Å². The molecule has 0 fully saturated rings. The van der Waals surface area contributed by atoms with Crippen LogP contribution in [0.15, 0.2) is 24.5 Å². The van der Waals surface area contributed by atoms with E-state index in [1.54, 1.807) is 0 Å². The Kier molecular flexibility index (Phi) is 5.01. The lowest BCUT2D eigenvalue weighted by atomic mass is 10.1. The molecule has 0 spiro atoms. The highest BCUT2D eigenvalue weighted by atomic mass is 19.1.